The Hall–Kier alpha value is -2.40. The second-order valence-corrected chi connectivity index (χ2v) is 7.21. The van der Waals surface area contributed by atoms with Crippen LogP contribution in [-0.2, 0) is 4.74 Å². The second-order valence-electron chi connectivity index (χ2n) is 7.21. The van der Waals surface area contributed by atoms with E-state index in [-0.39, 0.29) is 0 Å². The van der Waals surface area contributed by atoms with Gasteiger partial charge in [-0.15, -0.1) is 0 Å². The number of unbranched alkanes of at least 4 members (excludes halogenated alkanes) is 4. The largest absolute Gasteiger partial charge is 0.490 e. The molecule has 0 aliphatic heterocycles. The average Bonchev–Trinajstić information content (AvgIpc) is 2.79. The van der Waals surface area contributed by atoms with Crippen LogP contribution in [0.2, 0.25) is 0 Å². The van der Waals surface area contributed by atoms with Crippen molar-refractivity contribution in [2.45, 2.75) is 58.8 Å². The Kier molecular flexibility index (Phi) is 12.3. The Bertz CT molecular complexity index is 699. The first-order valence-corrected chi connectivity index (χ1v) is 11.2. The van der Waals surface area contributed by atoms with Crippen LogP contribution < -0.4 is 9.47 Å². The molecule has 0 N–H and O–H groups in total. The highest BCUT2D eigenvalue weighted by atomic mass is 16.5. The molecule has 0 aliphatic rings. The van der Waals surface area contributed by atoms with Gasteiger partial charge in [0.15, 0.2) is 11.6 Å². The van der Waals surface area contributed by atoms with Crippen LogP contribution in [0.15, 0.2) is 48.8 Å². The van der Waals surface area contributed by atoms with E-state index in [0.717, 1.165) is 50.2 Å². The van der Waals surface area contributed by atoms with Gasteiger partial charge >= 0.3 is 0 Å². The van der Waals surface area contributed by atoms with Crippen molar-refractivity contribution in [1.82, 2.24) is 9.97 Å². The van der Waals surface area contributed by atoms with Crippen molar-refractivity contribution in [3.63, 3.8) is 0 Å². The van der Waals surface area contributed by atoms with E-state index in [0.29, 0.717) is 24.8 Å². The smallest absolute Gasteiger partial charge is 0.159 e. The molecule has 0 radical (unpaired) electrons. The van der Waals surface area contributed by atoms with Crippen molar-refractivity contribution in [2.75, 3.05) is 26.4 Å². The van der Waals surface area contributed by atoms with E-state index in [1.54, 1.807) is 12.4 Å². The highest BCUT2D eigenvalue weighted by molar-refractivity contribution is 5.56. The first-order valence-electron chi connectivity index (χ1n) is 11.2. The van der Waals surface area contributed by atoms with E-state index in [1.165, 1.54) is 19.3 Å². The number of allylic oxidation sites excluding steroid dienone is 1. The van der Waals surface area contributed by atoms with Crippen LogP contribution in [0.5, 0.6) is 11.5 Å². The van der Waals surface area contributed by atoms with E-state index in [9.17, 15) is 0 Å². The molecule has 0 unspecified atom stereocenters. The van der Waals surface area contributed by atoms with Gasteiger partial charge in [-0.25, -0.2) is 9.97 Å². The topological polar surface area (TPSA) is 53.5 Å². The van der Waals surface area contributed by atoms with Crippen molar-refractivity contribution in [3.05, 3.63) is 48.8 Å². The summed E-state index contributed by atoms with van der Waals surface area (Å²) in [5.41, 5.74) is 0.956. The number of nitrogens with zero attached hydrogens (tertiary/aromatic N) is 2. The fraction of sp³-hybridized carbons (Fsp3) is 0.520. The van der Waals surface area contributed by atoms with Gasteiger partial charge in [0.05, 0.1) is 19.0 Å². The molecule has 0 amide bonds. The summed E-state index contributed by atoms with van der Waals surface area (Å²) < 4.78 is 16.9. The number of ether oxygens (including phenoxy) is 3. The molecule has 30 heavy (non-hydrogen) atoms. The van der Waals surface area contributed by atoms with Crippen LogP contribution in [-0.4, -0.2) is 36.4 Å². The number of benzene rings is 1. The third-order valence-electron chi connectivity index (χ3n) is 4.53. The average molecular weight is 413 g/mol. The third-order valence-corrected chi connectivity index (χ3v) is 4.53. The first-order chi connectivity index (χ1) is 14.8. The van der Waals surface area contributed by atoms with Gasteiger partial charge in [0, 0.05) is 18.8 Å². The van der Waals surface area contributed by atoms with Crippen molar-refractivity contribution in [2.24, 2.45) is 0 Å². The van der Waals surface area contributed by atoms with E-state index in [4.69, 9.17) is 14.2 Å². The van der Waals surface area contributed by atoms with Crippen molar-refractivity contribution in [3.8, 4) is 22.9 Å². The number of rotatable bonds is 16. The Morgan fingerprint density at radius 3 is 2.23 bits per heavy atom. The summed E-state index contributed by atoms with van der Waals surface area (Å²) in [6.45, 7) is 7.21. The Balaban J connectivity index is 1.69. The monoisotopic (exact) mass is 412 g/mol. The minimum Gasteiger partial charge on any atom is -0.490 e. The minimum atomic E-state index is 0.596. The molecule has 0 spiro atoms. The number of hydrogen-bond acceptors (Lipinski definition) is 5. The Morgan fingerprint density at radius 1 is 0.733 bits per heavy atom. The summed E-state index contributed by atoms with van der Waals surface area (Å²) in [6, 6.07) is 7.86. The van der Waals surface area contributed by atoms with Crippen molar-refractivity contribution >= 4 is 0 Å². The van der Waals surface area contributed by atoms with E-state index in [2.05, 4.69) is 36.0 Å². The van der Waals surface area contributed by atoms with Crippen LogP contribution in [0.1, 0.15) is 58.8 Å². The molecular formula is C25H36N2O3. The van der Waals surface area contributed by atoms with Crippen LogP contribution in [0.4, 0.5) is 0 Å². The Morgan fingerprint density at radius 2 is 1.50 bits per heavy atom. The summed E-state index contributed by atoms with van der Waals surface area (Å²) in [6.07, 6.45) is 15.7. The molecule has 5 heteroatoms. The fourth-order valence-corrected chi connectivity index (χ4v) is 2.83. The molecule has 1 aromatic heterocycles. The number of hydrogen-bond donors (Lipinski definition) is 0. The highest BCUT2D eigenvalue weighted by Gasteiger charge is 2.03. The van der Waals surface area contributed by atoms with E-state index < -0.39 is 0 Å². The minimum absolute atomic E-state index is 0.596. The maximum Gasteiger partial charge on any atom is 0.159 e. The van der Waals surface area contributed by atoms with Gasteiger partial charge in [-0.05, 0) is 56.4 Å². The van der Waals surface area contributed by atoms with Crippen LogP contribution in [0.3, 0.4) is 0 Å². The molecule has 0 saturated carbocycles. The molecule has 2 rings (SSSR count). The Labute approximate surface area is 181 Å². The van der Waals surface area contributed by atoms with Gasteiger partial charge in [-0.2, -0.15) is 0 Å². The zero-order valence-corrected chi connectivity index (χ0v) is 18.5. The second kappa shape index (κ2) is 15.4. The quantitative estimate of drug-likeness (QED) is 0.241. The molecule has 0 bridgehead atoms. The van der Waals surface area contributed by atoms with Gasteiger partial charge in [0.2, 0.25) is 0 Å². The zero-order valence-electron chi connectivity index (χ0n) is 18.5. The molecule has 0 aliphatic carbocycles. The number of aromatic nitrogens is 2. The molecule has 164 valence electrons. The molecule has 2 aromatic rings. The lowest BCUT2D eigenvalue weighted by Gasteiger charge is -2.07. The molecule has 5 nitrogen and oxygen atoms in total. The van der Waals surface area contributed by atoms with E-state index >= 15 is 0 Å². The van der Waals surface area contributed by atoms with Crippen molar-refractivity contribution < 1.29 is 14.2 Å². The lowest BCUT2D eigenvalue weighted by atomic mass is 10.2. The third kappa shape index (κ3) is 9.88. The van der Waals surface area contributed by atoms with E-state index in [1.807, 2.05) is 24.3 Å². The lowest BCUT2D eigenvalue weighted by Crippen LogP contribution is -2.02. The fourth-order valence-electron chi connectivity index (χ4n) is 2.83. The normalized spacial score (nSPS) is 11.1. The van der Waals surface area contributed by atoms with Gasteiger partial charge in [0.25, 0.3) is 0 Å². The van der Waals surface area contributed by atoms with Crippen LogP contribution in [0.25, 0.3) is 11.4 Å². The molecule has 1 heterocycles. The first kappa shape index (κ1) is 23.9. The summed E-state index contributed by atoms with van der Waals surface area (Å²) in [4.78, 5) is 8.83. The predicted molar refractivity (Wildman–Crippen MR) is 122 cm³/mol. The van der Waals surface area contributed by atoms with Gasteiger partial charge in [-0.3, -0.25) is 0 Å². The SMILES string of the molecule is CCCCC/C=C/COc1ccc(-c2ncc(OCCCCOCCC)cn2)cc1. The van der Waals surface area contributed by atoms with Gasteiger partial charge in [-0.1, -0.05) is 38.8 Å². The van der Waals surface area contributed by atoms with Gasteiger partial charge < -0.3 is 14.2 Å². The molecule has 0 saturated heterocycles. The zero-order chi connectivity index (χ0) is 21.3. The molecule has 0 atom stereocenters. The standard InChI is InChI=1S/C25H36N2O3/c1-3-5-6-7-8-9-18-29-23-14-12-22(13-15-23)25-26-20-24(21-27-25)30-19-11-10-17-28-16-4-2/h8-9,12-15,20-21H,3-7,10-11,16-19H2,1-2H3/b9-8+. The molecule has 1 aromatic carbocycles. The predicted octanol–water partition coefficient (Wildman–Crippen LogP) is 6.24. The maximum absolute atomic E-state index is 5.75. The summed E-state index contributed by atoms with van der Waals surface area (Å²) in [5, 5.41) is 0. The lowest BCUT2D eigenvalue weighted by molar-refractivity contribution is 0.127. The van der Waals surface area contributed by atoms with Crippen LogP contribution in [0, 0.1) is 0 Å². The van der Waals surface area contributed by atoms with Crippen LogP contribution >= 0.6 is 0 Å². The summed E-state index contributed by atoms with van der Waals surface area (Å²) in [5.74, 6) is 2.22. The molecule has 0 fully saturated rings. The van der Waals surface area contributed by atoms with Gasteiger partial charge in [0.1, 0.15) is 12.4 Å². The highest BCUT2D eigenvalue weighted by Crippen LogP contribution is 2.20. The molecular weight excluding hydrogens is 376 g/mol. The van der Waals surface area contributed by atoms with Crippen molar-refractivity contribution in [1.29, 1.82) is 0 Å². The maximum atomic E-state index is 5.75. The summed E-state index contributed by atoms with van der Waals surface area (Å²) in [7, 11) is 0. The summed E-state index contributed by atoms with van der Waals surface area (Å²) >= 11 is 0.